The number of amides is 1. The molecule has 0 aromatic rings. The zero-order valence-corrected chi connectivity index (χ0v) is 12.3. The van der Waals surface area contributed by atoms with Gasteiger partial charge in [0.1, 0.15) is 6.04 Å². The smallest absolute Gasteiger partial charge is 0.328 e. The molecule has 20 heavy (non-hydrogen) atoms. The van der Waals surface area contributed by atoms with Crippen LogP contribution in [0.4, 0.5) is 0 Å². The Balaban J connectivity index is 2.07. The fourth-order valence-electron chi connectivity index (χ4n) is 2.97. The average molecular weight is 284 g/mol. The molecule has 3 atom stereocenters. The lowest BCUT2D eigenvalue weighted by molar-refractivity contribution is -0.158. The Kier molecular flexibility index (Phi) is 5.37. The third-order valence-corrected chi connectivity index (χ3v) is 4.11. The van der Waals surface area contributed by atoms with Crippen molar-refractivity contribution in [3.05, 3.63) is 0 Å². The van der Waals surface area contributed by atoms with Crippen LogP contribution in [0, 0.1) is 5.92 Å². The second-order valence-electron chi connectivity index (χ2n) is 5.33. The van der Waals surface area contributed by atoms with Gasteiger partial charge in [0.2, 0.25) is 5.91 Å². The molecular weight excluding hydrogens is 260 g/mol. The first kappa shape index (κ1) is 15.3. The fraction of sp³-hybridized carbons (Fsp3) is 0.857. The highest BCUT2D eigenvalue weighted by Gasteiger charge is 2.41. The van der Waals surface area contributed by atoms with Gasteiger partial charge in [0.15, 0.2) is 0 Å². The van der Waals surface area contributed by atoms with E-state index < -0.39 is 6.04 Å². The van der Waals surface area contributed by atoms with Crippen molar-refractivity contribution in [1.82, 2.24) is 10.2 Å². The van der Waals surface area contributed by atoms with E-state index in [9.17, 15) is 9.59 Å². The molecule has 2 aliphatic rings. The van der Waals surface area contributed by atoms with Gasteiger partial charge in [-0.2, -0.15) is 0 Å². The minimum atomic E-state index is -0.422. The molecule has 1 N–H and O–H groups in total. The number of esters is 1. The lowest BCUT2D eigenvalue weighted by Crippen LogP contribution is -2.53. The van der Waals surface area contributed by atoms with Gasteiger partial charge in [-0.25, -0.2) is 4.79 Å². The minimum absolute atomic E-state index is 0.0135. The number of likely N-dealkylation sites (tertiary alicyclic amines) is 1. The normalized spacial score (nSPS) is 30.3. The molecule has 0 aliphatic carbocycles. The van der Waals surface area contributed by atoms with E-state index in [1.807, 2.05) is 7.05 Å². The van der Waals surface area contributed by atoms with Gasteiger partial charge < -0.3 is 19.7 Å². The van der Waals surface area contributed by atoms with Crippen LogP contribution in [0.15, 0.2) is 0 Å². The molecule has 3 unspecified atom stereocenters. The van der Waals surface area contributed by atoms with Gasteiger partial charge in [-0.05, 0) is 33.2 Å². The van der Waals surface area contributed by atoms with E-state index in [4.69, 9.17) is 9.47 Å². The van der Waals surface area contributed by atoms with Crippen LogP contribution in [0.25, 0.3) is 0 Å². The molecule has 0 bridgehead atoms. The van der Waals surface area contributed by atoms with Crippen molar-refractivity contribution in [2.75, 3.05) is 33.4 Å². The Bertz CT molecular complexity index is 361. The van der Waals surface area contributed by atoms with Gasteiger partial charge in [-0.3, -0.25) is 4.79 Å². The van der Waals surface area contributed by atoms with Gasteiger partial charge >= 0.3 is 5.97 Å². The minimum Gasteiger partial charge on any atom is -0.464 e. The highest BCUT2D eigenvalue weighted by atomic mass is 16.5. The maximum Gasteiger partial charge on any atom is 0.328 e. The summed E-state index contributed by atoms with van der Waals surface area (Å²) in [5, 5.41) is 3.11. The first-order valence-corrected chi connectivity index (χ1v) is 7.41. The molecule has 2 rings (SSSR count). The van der Waals surface area contributed by atoms with Crippen molar-refractivity contribution in [3.63, 3.8) is 0 Å². The number of carbonyl (C=O) groups excluding carboxylic acids is 2. The Morgan fingerprint density at radius 2 is 2.15 bits per heavy atom. The van der Waals surface area contributed by atoms with E-state index in [0.717, 1.165) is 12.8 Å². The summed E-state index contributed by atoms with van der Waals surface area (Å²) in [6, 6.07) is -0.387. The van der Waals surface area contributed by atoms with Crippen LogP contribution in [-0.4, -0.2) is 62.3 Å². The number of carbonyl (C=O) groups is 2. The number of nitrogens with zero attached hydrogens (tertiary/aromatic N) is 1. The second-order valence-corrected chi connectivity index (χ2v) is 5.33. The number of ether oxygens (including phenoxy) is 2. The van der Waals surface area contributed by atoms with Crippen LogP contribution in [0.1, 0.15) is 26.2 Å². The van der Waals surface area contributed by atoms with Crippen molar-refractivity contribution >= 4 is 11.9 Å². The predicted molar refractivity (Wildman–Crippen MR) is 73.1 cm³/mol. The second kappa shape index (κ2) is 7.04. The van der Waals surface area contributed by atoms with Crippen molar-refractivity contribution in [3.8, 4) is 0 Å². The Morgan fingerprint density at radius 3 is 2.85 bits per heavy atom. The molecule has 2 heterocycles. The molecule has 114 valence electrons. The van der Waals surface area contributed by atoms with Gasteiger partial charge in [-0.15, -0.1) is 0 Å². The Labute approximate surface area is 119 Å². The van der Waals surface area contributed by atoms with Gasteiger partial charge in [-0.1, -0.05) is 0 Å². The summed E-state index contributed by atoms with van der Waals surface area (Å²) in [5.41, 5.74) is 0. The van der Waals surface area contributed by atoms with Crippen LogP contribution < -0.4 is 5.32 Å². The number of piperidine rings is 1. The molecular formula is C14H24N2O4. The van der Waals surface area contributed by atoms with E-state index in [2.05, 4.69) is 5.32 Å². The average Bonchev–Trinajstić information content (AvgIpc) is 2.95. The molecule has 1 amide bonds. The first-order valence-electron chi connectivity index (χ1n) is 7.41. The quantitative estimate of drug-likeness (QED) is 0.745. The highest BCUT2D eigenvalue weighted by Crippen LogP contribution is 2.24. The summed E-state index contributed by atoms with van der Waals surface area (Å²) in [6.07, 6.45) is 2.60. The SMILES string of the molecule is CCOC(=O)C1CCCCN1C(=O)C1COCC1NC. The van der Waals surface area contributed by atoms with Crippen molar-refractivity contribution in [2.45, 2.75) is 38.3 Å². The lowest BCUT2D eigenvalue weighted by Gasteiger charge is -2.36. The first-order chi connectivity index (χ1) is 9.69. The third-order valence-electron chi connectivity index (χ3n) is 4.11. The van der Waals surface area contributed by atoms with E-state index >= 15 is 0 Å². The Morgan fingerprint density at radius 1 is 1.35 bits per heavy atom. The summed E-state index contributed by atoms with van der Waals surface area (Å²) in [4.78, 5) is 26.4. The van der Waals surface area contributed by atoms with Gasteiger partial charge in [0.25, 0.3) is 0 Å². The standard InChI is InChI=1S/C14H24N2O4/c1-3-20-14(18)12-6-4-5-7-16(12)13(17)10-8-19-9-11(10)15-2/h10-12,15H,3-9H2,1-2H3. The Hall–Kier alpha value is -1.14. The number of likely N-dealkylation sites (N-methyl/N-ethyl adjacent to an activating group) is 1. The molecule has 6 nitrogen and oxygen atoms in total. The maximum atomic E-state index is 12.7. The third kappa shape index (κ3) is 3.12. The van der Waals surface area contributed by atoms with Crippen LogP contribution in [0.2, 0.25) is 0 Å². The highest BCUT2D eigenvalue weighted by molar-refractivity contribution is 5.86. The summed E-state index contributed by atoms with van der Waals surface area (Å²) < 4.78 is 10.5. The van der Waals surface area contributed by atoms with Gasteiger partial charge in [0, 0.05) is 12.6 Å². The van der Waals surface area contributed by atoms with Crippen LogP contribution in [0.3, 0.4) is 0 Å². The molecule has 0 aromatic heterocycles. The molecule has 2 fully saturated rings. The zero-order chi connectivity index (χ0) is 14.5. The summed E-state index contributed by atoms with van der Waals surface area (Å²) in [6.45, 7) is 3.74. The molecule has 2 aliphatic heterocycles. The molecule has 0 saturated carbocycles. The fourth-order valence-corrected chi connectivity index (χ4v) is 2.97. The summed E-state index contributed by atoms with van der Waals surface area (Å²) in [5.74, 6) is -0.463. The number of nitrogens with one attached hydrogen (secondary N) is 1. The number of rotatable bonds is 4. The molecule has 0 spiro atoms. The summed E-state index contributed by atoms with van der Waals surface area (Å²) >= 11 is 0. The van der Waals surface area contributed by atoms with Crippen LogP contribution >= 0.6 is 0 Å². The van der Waals surface area contributed by atoms with E-state index in [1.54, 1.807) is 11.8 Å². The molecule has 0 aromatic carbocycles. The number of hydrogen-bond acceptors (Lipinski definition) is 5. The zero-order valence-electron chi connectivity index (χ0n) is 12.3. The lowest BCUT2D eigenvalue weighted by atomic mass is 9.96. The van der Waals surface area contributed by atoms with E-state index in [-0.39, 0.29) is 23.8 Å². The topological polar surface area (TPSA) is 67.9 Å². The van der Waals surface area contributed by atoms with Crippen molar-refractivity contribution in [2.24, 2.45) is 5.92 Å². The van der Waals surface area contributed by atoms with Crippen molar-refractivity contribution < 1.29 is 19.1 Å². The molecule has 2 saturated heterocycles. The van der Waals surface area contributed by atoms with E-state index in [0.29, 0.717) is 32.8 Å². The maximum absolute atomic E-state index is 12.7. The molecule has 0 radical (unpaired) electrons. The predicted octanol–water partition coefficient (Wildman–Crippen LogP) is 0.165. The van der Waals surface area contributed by atoms with Gasteiger partial charge in [0.05, 0.1) is 25.7 Å². The van der Waals surface area contributed by atoms with Crippen molar-refractivity contribution in [1.29, 1.82) is 0 Å². The summed E-state index contributed by atoms with van der Waals surface area (Å²) in [7, 11) is 1.83. The van der Waals surface area contributed by atoms with Crippen LogP contribution in [0.5, 0.6) is 0 Å². The number of hydrogen-bond donors (Lipinski definition) is 1. The van der Waals surface area contributed by atoms with E-state index in [1.165, 1.54) is 0 Å². The monoisotopic (exact) mass is 284 g/mol. The molecule has 6 heteroatoms. The largest absolute Gasteiger partial charge is 0.464 e. The van der Waals surface area contributed by atoms with Crippen LogP contribution in [-0.2, 0) is 19.1 Å².